The standard InChI is InChI=1S/C10H11N5O3/c1-6(14-5-8(4-11-14)15(16)17)10-12-9(13-18-10)7-2-3-7/h4-7H,2-3H2,1H3. The normalized spacial score (nSPS) is 16.7. The number of aromatic nitrogens is 4. The van der Waals surface area contributed by atoms with Crippen LogP contribution in [-0.2, 0) is 0 Å². The van der Waals surface area contributed by atoms with Crippen LogP contribution in [0, 0.1) is 10.1 Å². The molecule has 0 amide bonds. The predicted octanol–water partition coefficient (Wildman–Crippen LogP) is 1.66. The molecule has 0 N–H and O–H groups in total. The molecule has 3 rings (SSSR count). The van der Waals surface area contributed by atoms with Crippen LogP contribution in [-0.4, -0.2) is 24.8 Å². The summed E-state index contributed by atoms with van der Waals surface area (Å²) in [6, 6.07) is -0.307. The highest BCUT2D eigenvalue weighted by Gasteiger charge is 2.30. The van der Waals surface area contributed by atoms with Gasteiger partial charge in [-0.3, -0.25) is 14.8 Å². The van der Waals surface area contributed by atoms with Gasteiger partial charge in [-0.2, -0.15) is 10.1 Å². The van der Waals surface area contributed by atoms with E-state index < -0.39 is 4.92 Å². The minimum Gasteiger partial charge on any atom is -0.337 e. The maximum Gasteiger partial charge on any atom is 0.307 e. The van der Waals surface area contributed by atoms with Gasteiger partial charge < -0.3 is 4.52 Å². The third-order valence-electron chi connectivity index (χ3n) is 2.95. The van der Waals surface area contributed by atoms with Crippen molar-refractivity contribution in [2.24, 2.45) is 0 Å². The zero-order valence-corrected chi connectivity index (χ0v) is 9.68. The Balaban J connectivity index is 1.82. The van der Waals surface area contributed by atoms with Crippen LogP contribution < -0.4 is 0 Å². The highest BCUT2D eigenvalue weighted by Crippen LogP contribution is 2.38. The van der Waals surface area contributed by atoms with Crippen molar-refractivity contribution >= 4 is 5.69 Å². The average molecular weight is 249 g/mol. The van der Waals surface area contributed by atoms with E-state index in [2.05, 4.69) is 15.2 Å². The molecule has 2 heterocycles. The minimum atomic E-state index is -0.486. The first-order valence-corrected chi connectivity index (χ1v) is 5.67. The Morgan fingerprint density at radius 3 is 3.00 bits per heavy atom. The largest absolute Gasteiger partial charge is 0.337 e. The van der Waals surface area contributed by atoms with Crippen LogP contribution >= 0.6 is 0 Å². The van der Waals surface area contributed by atoms with Crippen molar-refractivity contribution < 1.29 is 9.45 Å². The maximum atomic E-state index is 10.6. The monoisotopic (exact) mass is 249 g/mol. The van der Waals surface area contributed by atoms with Gasteiger partial charge in [-0.05, 0) is 19.8 Å². The van der Waals surface area contributed by atoms with Gasteiger partial charge >= 0.3 is 5.69 Å². The van der Waals surface area contributed by atoms with Gasteiger partial charge in [0.15, 0.2) is 5.82 Å². The third-order valence-corrected chi connectivity index (χ3v) is 2.95. The van der Waals surface area contributed by atoms with Crippen molar-refractivity contribution in [3.63, 3.8) is 0 Å². The molecule has 1 saturated carbocycles. The molecule has 0 spiro atoms. The number of rotatable bonds is 4. The van der Waals surface area contributed by atoms with E-state index in [1.54, 1.807) is 6.92 Å². The van der Waals surface area contributed by atoms with Gasteiger partial charge in [-0.15, -0.1) is 0 Å². The molecular formula is C10H11N5O3. The first-order valence-electron chi connectivity index (χ1n) is 5.67. The molecular weight excluding hydrogens is 238 g/mol. The summed E-state index contributed by atoms with van der Waals surface area (Å²) in [7, 11) is 0. The molecule has 0 aromatic carbocycles. The molecule has 1 atom stereocenters. The van der Waals surface area contributed by atoms with Gasteiger partial charge in [0.05, 0.1) is 4.92 Å². The summed E-state index contributed by atoms with van der Waals surface area (Å²) in [5.74, 6) is 1.56. The topological polar surface area (TPSA) is 99.9 Å². The first kappa shape index (κ1) is 10.9. The lowest BCUT2D eigenvalue weighted by Crippen LogP contribution is -2.07. The van der Waals surface area contributed by atoms with Gasteiger partial charge in [0.25, 0.3) is 5.89 Å². The molecule has 0 saturated heterocycles. The van der Waals surface area contributed by atoms with Crippen LogP contribution in [0.25, 0.3) is 0 Å². The van der Waals surface area contributed by atoms with Crippen LogP contribution in [0.15, 0.2) is 16.9 Å². The van der Waals surface area contributed by atoms with Crippen molar-refractivity contribution in [1.29, 1.82) is 0 Å². The molecule has 8 nitrogen and oxygen atoms in total. The molecule has 1 aliphatic carbocycles. The van der Waals surface area contributed by atoms with Gasteiger partial charge in [0.2, 0.25) is 0 Å². The van der Waals surface area contributed by atoms with Gasteiger partial charge in [-0.25, -0.2) is 0 Å². The molecule has 0 radical (unpaired) electrons. The van der Waals surface area contributed by atoms with E-state index in [0.29, 0.717) is 11.8 Å². The Bertz CT molecular complexity index is 586. The van der Waals surface area contributed by atoms with E-state index in [9.17, 15) is 10.1 Å². The summed E-state index contributed by atoms with van der Waals surface area (Å²) in [6.45, 7) is 1.81. The van der Waals surface area contributed by atoms with Gasteiger partial charge in [-0.1, -0.05) is 5.16 Å². The smallest absolute Gasteiger partial charge is 0.307 e. The summed E-state index contributed by atoms with van der Waals surface area (Å²) >= 11 is 0. The summed E-state index contributed by atoms with van der Waals surface area (Å²) in [4.78, 5) is 14.4. The number of hydrogen-bond donors (Lipinski definition) is 0. The van der Waals surface area contributed by atoms with E-state index in [-0.39, 0.29) is 11.7 Å². The fourth-order valence-corrected chi connectivity index (χ4v) is 1.67. The minimum absolute atomic E-state index is 0.0521. The van der Waals surface area contributed by atoms with Crippen molar-refractivity contribution in [2.45, 2.75) is 31.7 Å². The van der Waals surface area contributed by atoms with Crippen molar-refractivity contribution in [3.05, 3.63) is 34.2 Å². The molecule has 0 aliphatic heterocycles. The highest BCUT2D eigenvalue weighted by atomic mass is 16.6. The van der Waals surface area contributed by atoms with Crippen molar-refractivity contribution in [1.82, 2.24) is 19.9 Å². The Kier molecular flexibility index (Phi) is 2.35. The quantitative estimate of drug-likeness (QED) is 0.603. The summed E-state index contributed by atoms with van der Waals surface area (Å²) in [5, 5.41) is 18.4. The SMILES string of the molecule is CC(c1nc(C2CC2)no1)n1cc([N+](=O)[O-])cn1. The van der Waals surface area contributed by atoms with E-state index in [4.69, 9.17) is 4.52 Å². The van der Waals surface area contributed by atoms with Crippen molar-refractivity contribution in [2.75, 3.05) is 0 Å². The second-order valence-corrected chi connectivity index (χ2v) is 4.38. The average Bonchev–Trinajstić information content (AvgIpc) is 2.92. The molecule has 2 aromatic heterocycles. The number of hydrogen-bond acceptors (Lipinski definition) is 6. The summed E-state index contributed by atoms with van der Waals surface area (Å²) in [6.07, 6.45) is 4.75. The van der Waals surface area contributed by atoms with E-state index in [0.717, 1.165) is 18.7 Å². The van der Waals surface area contributed by atoms with Crippen LogP contribution in [0.3, 0.4) is 0 Å². The lowest BCUT2D eigenvalue weighted by atomic mass is 10.3. The van der Waals surface area contributed by atoms with E-state index >= 15 is 0 Å². The summed E-state index contributed by atoms with van der Waals surface area (Å²) in [5.41, 5.74) is -0.0521. The van der Waals surface area contributed by atoms with Crippen LogP contribution in [0.5, 0.6) is 0 Å². The van der Waals surface area contributed by atoms with E-state index in [1.165, 1.54) is 17.1 Å². The Hall–Kier alpha value is -2.25. The highest BCUT2D eigenvalue weighted by molar-refractivity contribution is 5.21. The molecule has 18 heavy (non-hydrogen) atoms. The molecule has 0 bridgehead atoms. The zero-order chi connectivity index (χ0) is 12.7. The Morgan fingerprint density at radius 1 is 1.61 bits per heavy atom. The Labute approximate surface area is 102 Å². The lowest BCUT2D eigenvalue weighted by molar-refractivity contribution is -0.385. The van der Waals surface area contributed by atoms with Crippen molar-refractivity contribution in [3.8, 4) is 0 Å². The Morgan fingerprint density at radius 2 is 2.39 bits per heavy atom. The second kappa shape index (κ2) is 3.90. The fourth-order valence-electron chi connectivity index (χ4n) is 1.67. The number of nitrogens with zero attached hydrogens (tertiary/aromatic N) is 5. The molecule has 1 unspecified atom stereocenters. The van der Waals surface area contributed by atoms with Crippen LogP contribution in [0.2, 0.25) is 0 Å². The van der Waals surface area contributed by atoms with Crippen LogP contribution in [0.4, 0.5) is 5.69 Å². The second-order valence-electron chi connectivity index (χ2n) is 4.38. The molecule has 2 aromatic rings. The molecule has 94 valence electrons. The fraction of sp³-hybridized carbons (Fsp3) is 0.500. The zero-order valence-electron chi connectivity index (χ0n) is 9.68. The maximum absolute atomic E-state index is 10.6. The molecule has 8 heteroatoms. The van der Waals surface area contributed by atoms with Gasteiger partial charge in [0.1, 0.15) is 18.4 Å². The molecule has 1 aliphatic rings. The predicted molar refractivity (Wildman–Crippen MR) is 59.0 cm³/mol. The third kappa shape index (κ3) is 1.85. The van der Waals surface area contributed by atoms with Crippen LogP contribution in [0.1, 0.15) is 43.4 Å². The van der Waals surface area contributed by atoms with E-state index in [1.807, 2.05) is 0 Å². The van der Waals surface area contributed by atoms with Gasteiger partial charge in [0, 0.05) is 5.92 Å². The lowest BCUT2D eigenvalue weighted by Gasteiger charge is -2.04. The number of nitro groups is 1. The summed E-state index contributed by atoms with van der Waals surface area (Å²) < 4.78 is 6.61. The first-order chi connectivity index (χ1) is 8.65. The molecule has 1 fully saturated rings.